The van der Waals surface area contributed by atoms with E-state index in [1.807, 2.05) is 38.1 Å². The van der Waals surface area contributed by atoms with Crippen molar-refractivity contribution in [3.8, 4) is 6.07 Å². The molecule has 1 aromatic carbocycles. The zero-order valence-electron chi connectivity index (χ0n) is 8.94. The Morgan fingerprint density at radius 2 is 1.73 bits per heavy atom. The molecule has 2 atom stereocenters. The average molecular weight is 205 g/mol. The van der Waals surface area contributed by atoms with Crippen molar-refractivity contribution in [2.45, 2.75) is 32.5 Å². The number of aliphatic hydroxyl groups is 2. The van der Waals surface area contributed by atoms with Crippen molar-refractivity contribution in [1.82, 2.24) is 0 Å². The lowest BCUT2D eigenvalue weighted by Crippen LogP contribution is -2.17. The first-order valence-corrected chi connectivity index (χ1v) is 4.86. The molecule has 0 aliphatic carbocycles. The summed E-state index contributed by atoms with van der Waals surface area (Å²) in [5, 5.41) is 27.7. The van der Waals surface area contributed by atoms with E-state index in [1.165, 1.54) is 0 Å². The predicted molar refractivity (Wildman–Crippen MR) is 57.1 cm³/mol. The van der Waals surface area contributed by atoms with Crippen LogP contribution in [0, 0.1) is 25.2 Å². The zero-order valence-corrected chi connectivity index (χ0v) is 8.94. The molecule has 0 saturated carbocycles. The molecule has 3 heteroatoms. The lowest BCUT2D eigenvalue weighted by Gasteiger charge is -2.16. The highest BCUT2D eigenvalue weighted by molar-refractivity contribution is 5.30. The highest BCUT2D eigenvalue weighted by atomic mass is 16.3. The molecular weight excluding hydrogens is 190 g/mol. The van der Waals surface area contributed by atoms with Crippen molar-refractivity contribution >= 4 is 0 Å². The van der Waals surface area contributed by atoms with E-state index in [4.69, 9.17) is 5.26 Å². The number of rotatable bonds is 3. The third-order valence-corrected chi connectivity index (χ3v) is 2.25. The van der Waals surface area contributed by atoms with Crippen LogP contribution in [0.5, 0.6) is 0 Å². The normalized spacial score (nSPS) is 14.3. The van der Waals surface area contributed by atoms with Gasteiger partial charge in [-0.2, -0.15) is 5.26 Å². The molecule has 0 aliphatic rings. The van der Waals surface area contributed by atoms with Gasteiger partial charge in [0.05, 0.1) is 18.6 Å². The molecule has 0 amide bonds. The Balaban J connectivity index is 2.91. The van der Waals surface area contributed by atoms with Crippen molar-refractivity contribution < 1.29 is 10.2 Å². The zero-order chi connectivity index (χ0) is 11.4. The van der Waals surface area contributed by atoms with E-state index in [2.05, 4.69) is 0 Å². The van der Waals surface area contributed by atoms with Crippen LogP contribution in [0.3, 0.4) is 0 Å². The van der Waals surface area contributed by atoms with Crippen LogP contribution in [-0.4, -0.2) is 16.3 Å². The van der Waals surface area contributed by atoms with E-state index >= 15 is 0 Å². The van der Waals surface area contributed by atoms with Crippen molar-refractivity contribution in [2.75, 3.05) is 0 Å². The maximum absolute atomic E-state index is 9.77. The monoisotopic (exact) mass is 205 g/mol. The van der Waals surface area contributed by atoms with Gasteiger partial charge in [0, 0.05) is 0 Å². The van der Waals surface area contributed by atoms with Crippen molar-refractivity contribution in [3.05, 3.63) is 34.9 Å². The van der Waals surface area contributed by atoms with Gasteiger partial charge in [0.2, 0.25) is 0 Å². The molecule has 0 aliphatic heterocycles. The maximum Gasteiger partial charge on any atom is 0.106 e. The fourth-order valence-corrected chi connectivity index (χ4v) is 1.61. The summed E-state index contributed by atoms with van der Waals surface area (Å²) in [4.78, 5) is 0. The van der Waals surface area contributed by atoms with E-state index in [0.29, 0.717) is 5.56 Å². The highest BCUT2D eigenvalue weighted by Gasteiger charge is 2.18. The van der Waals surface area contributed by atoms with E-state index in [9.17, 15) is 10.2 Å². The lowest BCUT2D eigenvalue weighted by molar-refractivity contribution is 0.0216. The van der Waals surface area contributed by atoms with Crippen LogP contribution in [0.2, 0.25) is 0 Å². The summed E-state index contributed by atoms with van der Waals surface area (Å²) >= 11 is 0. The second kappa shape index (κ2) is 4.92. The minimum Gasteiger partial charge on any atom is -0.389 e. The highest BCUT2D eigenvalue weighted by Crippen LogP contribution is 2.21. The first kappa shape index (κ1) is 11.7. The average Bonchev–Trinajstić information content (AvgIpc) is 2.15. The van der Waals surface area contributed by atoms with Gasteiger partial charge in [0.15, 0.2) is 0 Å². The van der Waals surface area contributed by atoms with Crippen LogP contribution < -0.4 is 0 Å². The summed E-state index contributed by atoms with van der Waals surface area (Å²) in [5.41, 5.74) is 2.73. The fourth-order valence-electron chi connectivity index (χ4n) is 1.61. The summed E-state index contributed by atoms with van der Waals surface area (Å²) in [5.74, 6) is 0. The van der Waals surface area contributed by atoms with Gasteiger partial charge in [-0.25, -0.2) is 0 Å². The van der Waals surface area contributed by atoms with Gasteiger partial charge in [-0.1, -0.05) is 29.3 Å². The molecule has 0 saturated heterocycles. The summed E-state index contributed by atoms with van der Waals surface area (Å²) in [6.45, 7) is 3.86. The molecule has 0 radical (unpaired) electrons. The fraction of sp³-hybridized carbons (Fsp3) is 0.417. The quantitative estimate of drug-likeness (QED) is 0.788. The van der Waals surface area contributed by atoms with Crippen LogP contribution in [-0.2, 0) is 0 Å². The first-order valence-electron chi connectivity index (χ1n) is 4.86. The minimum atomic E-state index is -1.02. The topological polar surface area (TPSA) is 64.2 Å². The molecule has 1 rings (SSSR count). The van der Waals surface area contributed by atoms with Crippen LogP contribution >= 0.6 is 0 Å². The standard InChI is InChI=1S/C12H15NO2/c1-8-5-9(2)7-10(6-8)12(15)11(14)3-4-13/h5-7,11-12,14-15H,3H2,1-2H3. The Hall–Kier alpha value is -1.37. The Morgan fingerprint density at radius 1 is 1.20 bits per heavy atom. The third-order valence-electron chi connectivity index (χ3n) is 2.25. The summed E-state index contributed by atoms with van der Waals surface area (Å²) in [6, 6.07) is 7.47. The molecule has 15 heavy (non-hydrogen) atoms. The van der Waals surface area contributed by atoms with Crippen LogP contribution in [0.15, 0.2) is 18.2 Å². The lowest BCUT2D eigenvalue weighted by atomic mass is 9.99. The first-order chi connectivity index (χ1) is 7.04. The molecular formula is C12H15NO2. The van der Waals surface area contributed by atoms with Gasteiger partial charge in [-0.05, 0) is 19.4 Å². The van der Waals surface area contributed by atoms with Gasteiger partial charge in [-0.3, -0.25) is 0 Å². The molecule has 2 unspecified atom stereocenters. The number of aliphatic hydroxyl groups excluding tert-OH is 2. The van der Waals surface area contributed by atoms with E-state index in [1.54, 1.807) is 0 Å². The largest absolute Gasteiger partial charge is 0.389 e. The Bertz CT molecular complexity index is 361. The molecule has 1 aromatic rings. The molecule has 0 fully saturated rings. The summed E-state index contributed by atoms with van der Waals surface area (Å²) < 4.78 is 0. The Labute approximate surface area is 89.6 Å². The van der Waals surface area contributed by atoms with Crippen LogP contribution in [0.4, 0.5) is 0 Å². The summed E-state index contributed by atoms with van der Waals surface area (Å²) in [6.07, 6.45) is -2.06. The van der Waals surface area contributed by atoms with Crippen LogP contribution in [0.25, 0.3) is 0 Å². The molecule has 0 aromatic heterocycles. The second-order valence-corrected chi connectivity index (χ2v) is 3.80. The predicted octanol–water partition coefficient (Wildman–Crippen LogP) is 1.61. The number of hydrogen-bond acceptors (Lipinski definition) is 3. The van der Waals surface area contributed by atoms with E-state index in [-0.39, 0.29) is 6.42 Å². The van der Waals surface area contributed by atoms with E-state index < -0.39 is 12.2 Å². The molecule has 0 bridgehead atoms. The smallest absolute Gasteiger partial charge is 0.106 e. The number of hydrogen-bond donors (Lipinski definition) is 2. The number of nitriles is 1. The second-order valence-electron chi connectivity index (χ2n) is 3.80. The molecule has 2 N–H and O–H groups in total. The van der Waals surface area contributed by atoms with Gasteiger partial charge in [0.1, 0.15) is 6.10 Å². The molecule has 3 nitrogen and oxygen atoms in total. The SMILES string of the molecule is Cc1cc(C)cc(C(O)C(O)CC#N)c1. The Morgan fingerprint density at radius 3 is 2.20 bits per heavy atom. The van der Waals surface area contributed by atoms with Gasteiger partial charge in [0.25, 0.3) is 0 Å². The Kier molecular flexibility index (Phi) is 3.84. The van der Waals surface area contributed by atoms with Crippen LogP contribution in [0.1, 0.15) is 29.2 Å². The number of benzene rings is 1. The van der Waals surface area contributed by atoms with Gasteiger partial charge >= 0.3 is 0 Å². The molecule has 80 valence electrons. The molecule has 0 heterocycles. The van der Waals surface area contributed by atoms with E-state index in [0.717, 1.165) is 11.1 Å². The third kappa shape index (κ3) is 3.05. The number of nitrogens with zero attached hydrogens (tertiary/aromatic N) is 1. The maximum atomic E-state index is 9.77. The summed E-state index contributed by atoms with van der Waals surface area (Å²) in [7, 11) is 0. The van der Waals surface area contributed by atoms with Gasteiger partial charge in [-0.15, -0.1) is 0 Å². The van der Waals surface area contributed by atoms with Crippen molar-refractivity contribution in [2.24, 2.45) is 0 Å². The van der Waals surface area contributed by atoms with Crippen molar-refractivity contribution in [3.63, 3.8) is 0 Å². The molecule has 0 spiro atoms. The van der Waals surface area contributed by atoms with Crippen molar-refractivity contribution in [1.29, 1.82) is 5.26 Å². The minimum absolute atomic E-state index is 0.0614. The number of aryl methyl sites for hydroxylation is 2. The van der Waals surface area contributed by atoms with Gasteiger partial charge < -0.3 is 10.2 Å².